The minimum atomic E-state index is -0.190. The van der Waals surface area contributed by atoms with E-state index in [0.29, 0.717) is 35.2 Å². The Morgan fingerprint density at radius 2 is 1.81 bits per heavy atom. The minimum Gasteiger partial charge on any atom is -0.492 e. The SMILES string of the molecule is C=C1c2ccccc2C(=O)N1CC(=O)N(C)CCOc1ccc(Cl)cc1. The molecule has 26 heavy (non-hydrogen) atoms. The van der Waals surface area contributed by atoms with Crippen LogP contribution in [0.25, 0.3) is 5.70 Å². The summed E-state index contributed by atoms with van der Waals surface area (Å²) in [7, 11) is 1.68. The molecule has 0 radical (unpaired) electrons. The van der Waals surface area contributed by atoms with Gasteiger partial charge in [-0.2, -0.15) is 0 Å². The summed E-state index contributed by atoms with van der Waals surface area (Å²) in [4.78, 5) is 27.9. The Morgan fingerprint density at radius 1 is 1.15 bits per heavy atom. The Kier molecular flexibility index (Phi) is 5.28. The molecule has 0 saturated carbocycles. The van der Waals surface area contributed by atoms with E-state index in [2.05, 4.69) is 6.58 Å². The second-order valence-electron chi connectivity index (χ2n) is 6.00. The van der Waals surface area contributed by atoms with Crippen molar-refractivity contribution in [2.75, 3.05) is 26.7 Å². The van der Waals surface area contributed by atoms with Crippen molar-refractivity contribution >= 4 is 29.1 Å². The number of hydrogen-bond donors (Lipinski definition) is 0. The predicted octanol–water partition coefficient (Wildman–Crippen LogP) is 3.30. The van der Waals surface area contributed by atoms with Crippen LogP contribution in [0.15, 0.2) is 55.1 Å². The van der Waals surface area contributed by atoms with E-state index in [1.165, 1.54) is 4.90 Å². The Bertz CT molecular complexity index is 813. The lowest BCUT2D eigenvalue weighted by atomic mass is 10.1. The van der Waals surface area contributed by atoms with Gasteiger partial charge in [-0.3, -0.25) is 14.5 Å². The molecule has 2 amide bonds. The molecule has 0 fully saturated rings. The molecule has 2 aromatic rings. The molecular formula is C20H19ClN2O3. The fraction of sp³-hybridized carbons (Fsp3) is 0.200. The first-order chi connectivity index (χ1) is 12.5. The first-order valence-corrected chi connectivity index (χ1v) is 8.57. The maximum Gasteiger partial charge on any atom is 0.259 e. The van der Waals surface area contributed by atoms with Crippen LogP contribution in [0.1, 0.15) is 15.9 Å². The highest BCUT2D eigenvalue weighted by atomic mass is 35.5. The van der Waals surface area contributed by atoms with Gasteiger partial charge in [0.05, 0.1) is 6.54 Å². The monoisotopic (exact) mass is 370 g/mol. The number of amides is 2. The zero-order valence-electron chi connectivity index (χ0n) is 14.4. The van der Waals surface area contributed by atoms with Crippen molar-refractivity contribution in [2.45, 2.75) is 0 Å². The topological polar surface area (TPSA) is 49.9 Å². The third kappa shape index (κ3) is 3.73. The van der Waals surface area contributed by atoms with Crippen molar-refractivity contribution in [1.29, 1.82) is 0 Å². The van der Waals surface area contributed by atoms with Crippen molar-refractivity contribution in [3.63, 3.8) is 0 Å². The molecule has 0 atom stereocenters. The number of hydrogen-bond acceptors (Lipinski definition) is 3. The molecule has 0 bridgehead atoms. The van der Waals surface area contributed by atoms with Crippen molar-refractivity contribution in [3.05, 3.63) is 71.3 Å². The fourth-order valence-corrected chi connectivity index (χ4v) is 2.84. The second kappa shape index (κ2) is 7.62. The van der Waals surface area contributed by atoms with E-state index in [1.807, 2.05) is 12.1 Å². The molecule has 1 heterocycles. The van der Waals surface area contributed by atoms with Gasteiger partial charge in [-0.25, -0.2) is 0 Å². The van der Waals surface area contributed by atoms with Gasteiger partial charge in [-0.05, 0) is 30.3 Å². The van der Waals surface area contributed by atoms with Crippen molar-refractivity contribution < 1.29 is 14.3 Å². The van der Waals surface area contributed by atoms with E-state index in [4.69, 9.17) is 16.3 Å². The van der Waals surface area contributed by atoms with Gasteiger partial charge in [0, 0.05) is 28.9 Å². The molecule has 2 aromatic carbocycles. The Labute approximate surface area is 157 Å². The highest BCUT2D eigenvalue weighted by Crippen LogP contribution is 2.30. The molecule has 0 aliphatic carbocycles. The van der Waals surface area contributed by atoms with E-state index in [9.17, 15) is 9.59 Å². The summed E-state index contributed by atoms with van der Waals surface area (Å²) >= 11 is 5.83. The highest BCUT2D eigenvalue weighted by Gasteiger charge is 2.32. The van der Waals surface area contributed by atoms with Crippen LogP contribution in [0.3, 0.4) is 0 Å². The molecule has 1 aliphatic heterocycles. The Morgan fingerprint density at radius 3 is 2.46 bits per heavy atom. The van der Waals surface area contributed by atoms with Crippen LogP contribution in [0, 0.1) is 0 Å². The summed E-state index contributed by atoms with van der Waals surface area (Å²) in [6, 6.07) is 14.3. The normalized spacial score (nSPS) is 12.9. The third-order valence-electron chi connectivity index (χ3n) is 4.27. The first-order valence-electron chi connectivity index (χ1n) is 8.20. The van der Waals surface area contributed by atoms with Crippen LogP contribution in [0.4, 0.5) is 0 Å². The van der Waals surface area contributed by atoms with Crippen molar-refractivity contribution in [1.82, 2.24) is 9.80 Å². The molecule has 0 N–H and O–H groups in total. The zero-order chi connectivity index (χ0) is 18.7. The average Bonchev–Trinajstić information content (AvgIpc) is 2.88. The number of likely N-dealkylation sites (N-methyl/N-ethyl adjacent to an activating group) is 1. The van der Waals surface area contributed by atoms with Crippen molar-refractivity contribution in [3.8, 4) is 5.75 Å². The number of halogens is 1. The minimum absolute atomic E-state index is 0.0379. The predicted molar refractivity (Wildman–Crippen MR) is 101 cm³/mol. The summed E-state index contributed by atoms with van der Waals surface area (Å²) in [6.07, 6.45) is 0. The van der Waals surface area contributed by atoms with Crippen LogP contribution in [-0.2, 0) is 4.79 Å². The smallest absolute Gasteiger partial charge is 0.259 e. The zero-order valence-corrected chi connectivity index (χ0v) is 15.2. The maximum absolute atomic E-state index is 12.5. The largest absolute Gasteiger partial charge is 0.492 e. The number of fused-ring (bicyclic) bond motifs is 1. The number of ether oxygens (including phenoxy) is 1. The Balaban J connectivity index is 1.52. The summed E-state index contributed by atoms with van der Waals surface area (Å²) < 4.78 is 5.59. The third-order valence-corrected chi connectivity index (χ3v) is 4.52. The Hall–Kier alpha value is -2.79. The molecule has 0 spiro atoms. The van der Waals surface area contributed by atoms with E-state index in [-0.39, 0.29) is 18.4 Å². The average molecular weight is 371 g/mol. The number of rotatable bonds is 6. The van der Waals surface area contributed by atoms with Gasteiger partial charge in [0.2, 0.25) is 5.91 Å². The lowest BCUT2D eigenvalue weighted by Crippen LogP contribution is -2.39. The lowest BCUT2D eigenvalue weighted by molar-refractivity contribution is -0.130. The van der Waals surface area contributed by atoms with Crippen LogP contribution in [0.2, 0.25) is 5.02 Å². The number of nitrogens with zero attached hydrogens (tertiary/aromatic N) is 2. The lowest BCUT2D eigenvalue weighted by Gasteiger charge is -2.22. The van der Waals surface area contributed by atoms with E-state index in [1.54, 1.807) is 48.3 Å². The van der Waals surface area contributed by atoms with Gasteiger partial charge in [0.1, 0.15) is 18.9 Å². The molecule has 1 aliphatic rings. The van der Waals surface area contributed by atoms with E-state index in [0.717, 1.165) is 5.56 Å². The molecule has 6 heteroatoms. The first kappa shape index (κ1) is 18.0. The number of carbonyl (C=O) groups is 2. The molecule has 5 nitrogen and oxygen atoms in total. The molecule has 0 aromatic heterocycles. The van der Waals surface area contributed by atoms with Gasteiger partial charge < -0.3 is 9.64 Å². The van der Waals surface area contributed by atoms with E-state index >= 15 is 0 Å². The van der Waals surface area contributed by atoms with Gasteiger partial charge in [-0.15, -0.1) is 0 Å². The number of benzene rings is 2. The molecular weight excluding hydrogens is 352 g/mol. The van der Waals surface area contributed by atoms with Gasteiger partial charge in [0.15, 0.2) is 0 Å². The van der Waals surface area contributed by atoms with Crippen LogP contribution >= 0.6 is 11.6 Å². The molecule has 0 saturated heterocycles. The molecule has 0 unspecified atom stereocenters. The quantitative estimate of drug-likeness (QED) is 0.783. The fourth-order valence-electron chi connectivity index (χ4n) is 2.71. The van der Waals surface area contributed by atoms with Crippen LogP contribution in [-0.4, -0.2) is 48.4 Å². The second-order valence-corrected chi connectivity index (χ2v) is 6.44. The van der Waals surface area contributed by atoms with Crippen molar-refractivity contribution in [2.24, 2.45) is 0 Å². The standard InChI is InChI=1S/C20H19ClN2O3/c1-14-17-5-3-4-6-18(17)20(25)23(14)13-19(24)22(2)11-12-26-16-9-7-15(21)8-10-16/h3-10H,1,11-13H2,2H3. The number of carbonyl (C=O) groups excluding carboxylic acids is 2. The van der Waals surface area contributed by atoms with E-state index < -0.39 is 0 Å². The van der Waals surface area contributed by atoms with Gasteiger partial charge in [0.25, 0.3) is 5.91 Å². The van der Waals surface area contributed by atoms with Crippen LogP contribution in [0.5, 0.6) is 5.75 Å². The molecule has 3 rings (SSSR count). The van der Waals surface area contributed by atoms with Gasteiger partial charge in [-0.1, -0.05) is 36.4 Å². The summed E-state index contributed by atoms with van der Waals surface area (Å²) in [5.74, 6) is 0.325. The van der Waals surface area contributed by atoms with Gasteiger partial charge >= 0.3 is 0 Å². The summed E-state index contributed by atoms with van der Waals surface area (Å²) in [6.45, 7) is 4.66. The summed E-state index contributed by atoms with van der Waals surface area (Å²) in [5, 5.41) is 0.640. The molecule has 134 valence electrons. The van der Waals surface area contributed by atoms with Crippen LogP contribution < -0.4 is 4.74 Å². The summed E-state index contributed by atoms with van der Waals surface area (Å²) in [5.41, 5.74) is 1.92. The highest BCUT2D eigenvalue weighted by molar-refractivity contribution is 6.30. The maximum atomic E-state index is 12.5.